The lowest BCUT2D eigenvalue weighted by atomic mass is 10.0. The van der Waals surface area contributed by atoms with Crippen LogP contribution in [0.15, 0.2) is 58.7 Å². The minimum Gasteiger partial charge on any atom is -0.366 e. The number of anilines is 2. The van der Waals surface area contributed by atoms with Gasteiger partial charge in [0.25, 0.3) is 5.56 Å². The highest BCUT2D eigenvalue weighted by Gasteiger charge is 2.22. The van der Waals surface area contributed by atoms with Crippen LogP contribution in [0, 0.1) is 12.7 Å². The van der Waals surface area contributed by atoms with Crippen molar-refractivity contribution in [2.24, 2.45) is 0 Å². The molecule has 7 heteroatoms. The van der Waals surface area contributed by atoms with E-state index in [0.717, 1.165) is 22.2 Å². The summed E-state index contributed by atoms with van der Waals surface area (Å²) >= 11 is 1.42. The minimum atomic E-state index is -0.208. The smallest absolute Gasteiger partial charge is 0.270 e. The van der Waals surface area contributed by atoms with Crippen LogP contribution in [0.25, 0.3) is 21.3 Å². The van der Waals surface area contributed by atoms with E-state index in [1.54, 1.807) is 12.1 Å². The van der Waals surface area contributed by atoms with Gasteiger partial charge in [-0.3, -0.25) is 9.78 Å². The van der Waals surface area contributed by atoms with Crippen molar-refractivity contribution in [2.45, 2.75) is 6.92 Å². The summed E-state index contributed by atoms with van der Waals surface area (Å²) in [6, 6.07) is 15.0. The Kier molecular flexibility index (Phi) is 4.75. The average Bonchev–Trinajstić information content (AvgIpc) is 3.19. The van der Waals surface area contributed by atoms with Crippen molar-refractivity contribution in [1.29, 1.82) is 0 Å². The highest BCUT2D eigenvalue weighted by Crippen LogP contribution is 2.33. The Bertz CT molecular complexity index is 1270. The Morgan fingerprint density at radius 2 is 1.67 bits per heavy atom. The lowest BCUT2D eigenvalue weighted by Gasteiger charge is -2.36. The molecule has 1 saturated heterocycles. The molecule has 0 atom stereocenters. The number of hydrogen-bond donors (Lipinski definition) is 1. The van der Waals surface area contributed by atoms with Crippen molar-refractivity contribution >= 4 is 33.2 Å². The van der Waals surface area contributed by atoms with Crippen LogP contribution in [-0.2, 0) is 0 Å². The van der Waals surface area contributed by atoms with Gasteiger partial charge in [0.1, 0.15) is 10.5 Å². The van der Waals surface area contributed by atoms with Gasteiger partial charge >= 0.3 is 0 Å². The molecule has 5 rings (SSSR count). The van der Waals surface area contributed by atoms with E-state index in [-0.39, 0.29) is 11.4 Å². The van der Waals surface area contributed by atoms with Gasteiger partial charge in [-0.2, -0.15) is 0 Å². The van der Waals surface area contributed by atoms with E-state index in [0.29, 0.717) is 42.5 Å². The average molecular weight is 421 g/mol. The Labute approximate surface area is 177 Å². The van der Waals surface area contributed by atoms with Gasteiger partial charge in [0.2, 0.25) is 5.95 Å². The van der Waals surface area contributed by atoms with Gasteiger partial charge in [0, 0.05) is 37.1 Å². The van der Waals surface area contributed by atoms with Crippen molar-refractivity contribution in [3.05, 3.63) is 75.6 Å². The number of hydrogen-bond acceptors (Lipinski definition) is 5. The van der Waals surface area contributed by atoms with E-state index in [1.807, 2.05) is 28.5 Å². The summed E-state index contributed by atoms with van der Waals surface area (Å²) in [5.74, 6) is 0.369. The quantitative estimate of drug-likeness (QED) is 0.533. The lowest BCUT2D eigenvalue weighted by Crippen LogP contribution is -2.47. The zero-order valence-corrected chi connectivity index (χ0v) is 17.4. The molecule has 1 aliphatic rings. The number of aromatic nitrogens is 2. The van der Waals surface area contributed by atoms with E-state index in [9.17, 15) is 9.18 Å². The number of fused-ring (bicyclic) bond motifs is 1. The highest BCUT2D eigenvalue weighted by molar-refractivity contribution is 7.17. The lowest BCUT2D eigenvalue weighted by molar-refractivity contribution is 0.594. The summed E-state index contributed by atoms with van der Waals surface area (Å²) in [5, 5.41) is 2.01. The van der Waals surface area contributed by atoms with Crippen LogP contribution in [0.3, 0.4) is 0 Å². The van der Waals surface area contributed by atoms with Crippen molar-refractivity contribution in [3.8, 4) is 11.1 Å². The summed E-state index contributed by atoms with van der Waals surface area (Å²) in [6.45, 7) is 4.71. The molecule has 152 valence electrons. The fourth-order valence-corrected chi connectivity index (χ4v) is 4.90. The van der Waals surface area contributed by atoms with Gasteiger partial charge in [-0.05, 0) is 30.2 Å². The zero-order valence-electron chi connectivity index (χ0n) is 16.6. The summed E-state index contributed by atoms with van der Waals surface area (Å²) in [4.78, 5) is 24.6. The number of rotatable bonds is 3. The third kappa shape index (κ3) is 3.25. The number of piperazine rings is 1. The predicted octanol–water partition coefficient (Wildman–Crippen LogP) is 4.43. The molecule has 0 amide bonds. The molecule has 1 aliphatic heterocycles. The summed E-state index contributed by atoms with van der Waals surface area (Å²) in [7, 11) is 0. The van der Waals surface area contributed by atoms with E-state index in [4.69, 9.17) is 4.98 Å². The molecule has 5 nitrogen and oxygen atoms in total. The number of aromatic amines is 1. The van der Waals surface area contributed by atoms with Gasteiger partial charge in [0.15, 0.2) is 0 Å². The fraction of sp³-hybridized carbons (Fsp3) is 0.217. The SMILES string of the molecule is Cc1ccccc1-c1csc2c(=O)[nH]c(N3CCN(c4ccccc4F)CC3)nc12. The first-order chi connectivity index (χ1) is 14.6. The zero-order chi connectivity index (χ0) is 20.7. The van der Waals surface area contributed by atoms with Crippen molar-refractivity contribution in [2.75, 3.05) is 36.0 Å². The second kappa shape index (κ2) is 7.57. The Hall–Kier alpha value is -3.19. The highest BCUT2D eigenvalue weighted by atomic mass is 32.1. The molecule has 0 saturated carbocycles. The van der Waals surface area contributed by atoms with Crippen LogP contribution >= 0.6 is 11.3 Å². The van der Waals surface area contributed by atoms with Crippen molar-refractivity contribution < 1.29 is 4.39 Å². The molecule has 2 aromatic heterocycles. The summed E-state index contributed by atoms with van der Waals surface area (Å²) in [6.07, 6.45) is 0. The molecule has 1 N–H and O–H groups in total. The van der Waals surface area contributed by atoms with Crippen molar-refractivity contribution in [1.82, 2.24) is 9.97 Å². The predicted molar refractivity (Wildman–Crippen MR) is 121 cm³/mol. The molecule has 30 heavy (non-hydrogen) atoms. The number of halogens is 1. The van der Waals surface area contributed by atoms with E-state index in [1.165, 1.54) is 17.4 Å². The van der Waals surface area contributed by atoms with Crippen LogP contribution in [0.2, 0.25) is 0 Å². The number of aryl methyl sites for hydroxylation is 1. The van der Waals surface area contributed by atoms with Crippen molar-refractivity contribution in [3.63, 3.8) is 0 Å². The molecule has 0 bridgehead atoms. The molecular weight excluding hydrogens is 399 g/mol. The largest absolute Gasteiger partial charge is 0.366 e. The van der Waals surface area contributed by atoms with Gasteiger partial charge in [0.05, 0.1) is 11.2 Å². The molecular formula is C23H21FN4OS. The van der Waals surface area contributed by atoms with E-state index in [2.05, 4.69) is 28.9 Å². The van der Waals surface area contributed by atoms with Crippen LogP contribution < -0.4 is 15.4 Å². The van der Waals surface area contributed by atoms with Gasteiger partial charge in [-0.25, -0.2) is 9.37 Å². The molecule has 0 radical (unpaired) electrons. The molecule has 0 spiro atoms. The standard InChI is InChI=1S/C23H21FN4OS/c1-15-6-2-3-7-16(15)17-14-30-21-20(17)25-23(26-22(21)29)28-12-10-27(11-13-28)19-9-5-4-8-18(19)24/h2-9,14H,10-13H2,1H3,(H,25,26,29). The number of H-pyrrole nitrogens is 1. The topological polar surface area (TPSA) is 52.2 Å². The normalized spacial score (nSPS) is 14.5. The number of para-hydroxylation sites is 1. The number of thiophene rings is 1. The van der Waals surface area contributed by atoms with Gasteiger partial charge in [-0.15, -0.1) is 11.3 Å². The van der Waals surface area contributed by atoms with Gasteiger partial charge in [-0.1, -0.05) is 36.4 Å². The molecule has 4 aromatic rings. The first kappa shape index (κ1) is 18.8. The maximum Gasteiger partial charge on any atom is 0.270 e. The molecule has 0 aliphatic carbocycles. The van der Waals surface area contributed by atoms with Crippen LogP contribution in [0.4, 0.5) is 16.0 Å². The second-order valence-corrected chi connectivity index (χ2v) is 8.34. The van der Waals surface area contributed by atoms with E-state index < -0.39 is 0 Å². The fourth-order valence-electron chi connectivity index (χ4n) is 4.00. The maximum atomic E-state index is 14.1. The first-order valence-corrected chi connectivity index (χ1v) is 10.8. The van der Waals surface area contributed by atoms with Crippen LogP contribution in [0.1, 0.15) is 5.56 Å². The molecule has 0 unspecified atom stereocenters. The first-order valence-electron chi connectivity index (χ1n) is 9.94. The van der Waals surface area contributed by atoms with Crippen LogP contribution in [-0.4, -0.2) is 36.1 Å². The summed E-state index contributed by atoms with van der Waals surface area (Å²) in [5.41, 5.74) is 4.48. The Morgan fingerprint density at radius 3 is 2.43 bits per heavy atom. The number of nitrogens with one attached hydrogen (secondary N) is 1. The third-order valence-electron chi connectivity index (χ3n) is 5.62. The minimum absolute atomic E-state index is 0.114. The number of benzene rings is 2. The second-order valence-electron chi connectivity index (χ2n) is 7.46. The third-order valence-corrected chi connectivity index (χ3v) is 6.59. The summed E-state index contributed by atoms with van der Waals surface area (Å²) < 4.78 is 14.8. The number of nitrogens with zero attached hydrogens (tertiary/aromatic N) is 3. The molecule has 3 heterocycles. The Balaban J connectivity index is 1.46. The molecule has 1 fully saturated rings. The molecule has 2 aromatic carbocycles. The monoisotopic (exact) mass is 420 g/mol. The Morgan fingerprint density at radius 1 is 0.967 bits per heavy atom. The van der Waals surface area contributed by atoms with E-state index >= 15 is 0 Å². The van der Waals surface area contributed by atoms with Crippen LogP contribution in [0.5, 0.6) is 0 Å². The van der Waals surface area contributed by atoms with Gasteiger partial charge < -0.3 is 9.80 Å². The maximum absolute atomic E-state index is 14.1.